The van der Waals surface area contributed by atoms with Gasteiger partial charge in [0.2, 0.25) is 0 Å². The molecule has 3 heteroatoms. The highest BCUT2D eigenvalue weighted by Gasteiger charge is 2.47. The summed E-state index contributed by atoms with van der Waals surface area (Å²) in [6.07, 6.45) is 6.71. The molecular weight excluding hydrogens is 212 g/mol. The predicted octanol–water partition coefficient (Wildman–Crippen LogP) is 1.47. The van der Waals surface area contributed by atoms with Gasteiger partial charge in [0.05, 0.1) is 0 Å². The molecule has 0 amide bonds. The van der Waals surface area contributed by atoms with Crippen LogP contribution in [0.3, 0.4) is 0 Å². The third-order valence-electron chi connectivity index (χ3n) is 5.50. The molecule has 3 heterocycles. The Labute approximate surface area is 105 Å². The first-order valence-corrected chi connectivity index (χ1v) is 7.31. The van der Waals surface area contributed by atoms with Gasteiger partial charge in [-0.2, -0.15) is 0 Å². The van der Waals surface area contributed by atoms with Crippen molar-refractivity contribution in [2.45, 2.75) is 44.2 Å². The quantitative estimate of drug-likeness (QED) is 0.792. The number of nitrogens with zero attached hydrogens (tertiary/aromatic N) is 1. The minimum Gasteiger partial charge on any atom is -0.381 e. The highest BCUT2D eigenvalue weighted by atomic mass is 16.5. The van der Waals surface area contributed by atoms with Gasteiger partial charge in [0.1, 0.15) is 0 Å². The lowest BCUT2D eigenvalue weighted by Gasteiger charge is -2.47. The maximum atomic E-state index is 6.04. The zero-order valence-electron chi connectivity index (χ0n) is 11.0. The van der Waals surface area contributed by atoms with Gasteiger partial charge in [0.25, 0.3) is 0 Å². The molecule has 98 valence electrons. The third-order valence-corrected chi connectivity index (χ3v) is 5.50. The van der Waals surface area contributed by atoms with Gasteiger partial charge >= 0.3 is 0 Å². The summed E-state index contributed by atoms with van der Waals surface area (Å²) in [6.45, 7) is 2.83. The molecule has 0 saturated carbocycles. The van der Waals surface area contributed by atoms with Crippen molar-refractivity contribution < 1.29 is 4.74 Å². The lowest BCUT2D eigenvalue weighted by molar-refractivity contribution is -0.0310. The van der Waals surface area contributed by atoms with Crippen LogP contribution in [0.2, 0.25) is 0 Å². The van der Waals surface area contributed by atoms with Crippen LogP contribution in [-0.2, 0) is 4.74 Å². The summed E-state index contributed by atoms with van der Waals surface area (Å²) in [5, 5.41) is 0. The van der Waals surface area contributed by atoms with Crippen LogP contribution in [0.25, 0.3) is 0 Å². The van der Waals surface area contributed by atoms with E-state index in [-0.39, 0.29) is 0 Å². The molecule has 2 bridgehead atoms. The van der Waals surface area contributed by atoms with Crippen molar-refractivity contribution in [1.29, 1.82) is 0 Å². The van der Waals surface area contributed by atoms with E-state index in [0.717, 1.165) is 49.6 Å². The minimum atomic E-state index is 0.746. The molecule has 0 aliphatic carbocycles. The molecule has 5 unspecified atom stereocenters. The number of rotatable bonds is 2. The summed E-state index contributed by atoms with van der Waals surface area (Å²) in [6, 6.07) is 1.60. The van der Waals surface area contributed by atoms with Crippen molar-refractivity contribution in [1.82, 2.24) is 4.90 Å². The Balaban J connectivity index is 1.78. The van der Waals surface area contributed by atoms with E-state index in [0.29, 0.717) is 0 Å². The second kappa shape index (κ2) is 4.87. The first-order chi connectivity index (χ1) is 8.31. The van der Waals surface area contributed by atoms with Crippen LogP contribution < -0.4 is 5.73 Å². The summed E-state index contributed by atoms with van der Waals surface area (Å²) in [5.41, 5.74) is 6.04. The van der Waals surface area contributed by atoms with E-state index < -0.39 is 0 Å². The molecule has 0 radical (unpaired) electrons. The Morgan fingerprint density at radius 1 is 1.29 bits per heavy atom. The molecule has 0 aromatic carbocycles. The minimum absolute atomic E-state index is 0.746. The number of hydrogen-bond donors (Lipinski definition) is 1. The summed E-state index contributed by atoms with van der Waals surface area (Å²) in [4.78, 5) is 2.64. The zero-order chi connectivity index (χ0) is 11.8. The number of ether oxygens (including phenoxy) is 1. The third kappa shape index (κ3) is 2.02. The molecule has 17 heavy (non-hydrogen) atoms. The second-order valence-electron chi connectivity index (χ2n) is 6.25. The lowest BCUT2D eigenvalue weighted by Crippen LogP contribution is -2.52. The first kappa shape index (κ1) is 11.9. The summed E-state index contributed by atoms with van der Waals surface area (Å²) < 4.78 is 5.71. The van der Waals surface area contributed by atoms with E-state index in [9.17, 15) is 0 Å². The van der Waals surface area contributed by atoms with Gasteiger partial charge in [0.15, 0.2) is 0 Å². The topological polar surface area (TPSA) is 38.5 Å². The van der Waals surface area contributed by atoms with Gasteiger partial charge in [-0.1, -0.05) is 0 Å². The van der Waals surface area contributed by atoms with E-state index in [2.05, 4.69) is 11.9 Å². The average Bonchev–Trinajstić information content (AvgIpc) is 2.64. The molecule has 5 atom stereocenters. The van der Waals surface area contributed by atoms with Crippen LogP contribution in [0.4, 0.5) is 0 Å². The predicted molar refractivity (Wildman–Crippen MR) is 68.8 cm³/mol. The van der Waals surface area contributed by atoms with Crippen LogP contribution in [0, 0.1) is 17.8 Å². The van der Waals surface area contributed by atoms with Gasteiger partial charge < -0.3 is 15.4 Å². The maximum Gasteiger partial charge on any atom is 0.0497 e. The molecule has 3 aliphatic heterocycles. The maximum absolute atomic E-state index is 6.04. The molecule has 3 nitrogen and oxygen atoms in total. The summed E-state index contributed by atoms with van der Waals surface area (Å²) >= 11 is 0. The normalized spacial score (nSPS) is 47.3. The van der Waals surface area contributed by atoms with Crippen molar-refractivity contribution in [3.8, 4) is 0 Å². The number of piperidine rings is 1. The molecule has 3 saturated heterocycles. The zero-order valence-corrected chi connectivity index (χ0v) is 11.0. The number of hydrogen-bond acceptors (Lipinski definition) is 3. The number of fused-ring (bicyclic) bond motifs is 2. The molecule has 0 aromatic rings. The monoisotopic (exact) mass is 238 g/mol. The van der Waals surface area contributed by atoms with Crippen LogP contribution in [0.1, 0.15) is 32.1 Å². The highest BCUT2D eigenvalue weighted by Crippen LogP contribution is 2.45. The van der Waals surface area contributed by atoms with Gasteiger partial charge in [-0.25, -0.2) is 0 Å². The Hall–Kier alpha value is -0.120. The van der Waals surface area contributed by atoms with Gasteiger partial charge in [-0.3, -0.25) is 0 Å². The van der Waals surface area contributed by atoms with E-state index in [4.69, 9.17) is 10.5 Å². The lowest BCUT2D eigenvalue weighted by atomic mass is 9.71. The van der Waals surface area contributed by atoms with Crippen molar-refractivity contribution in [2.75, 3.05) is 26.8 Å². The summed E-state index contributed by atoms with van der Waals surface area (Å²) in [5.74, 6) is 2.31. The average molecular weight is 238 g/mol. The standard InChI is InChI=1S/C14H26N2O/c1-16-12-4-5-13(16)14(11(7-12)8-15)10-3-2-6-17-9-10/h10-14H,2-9,15H2,1H3. The smallest absolute Gasteiger partial charge is 0.0497 e. The van der Waals surface area contributed by atoms with Crippen LogP contribution in [-0.4, -0.2) is 43.8 Å². The fourth-order valence-electron chi connectivity index (χ4n) is 4.63. The molecule has 3 rings (SSSR count). The molecule has 0 aromatic heterocycles. The van der Waals surface area contributed by atoms with Crippen molar-refractivity contribution in [3.63, 3.8) is 0 Å². The largest absolute Gasteiger partial charge is 0.381 e. The van der Waals surface area contributed by atoms with Crippen molar-refractivity contribution in [3.05, 3.63) is 0 Å². The molecule has 3 fully saturated rings. The van der Waals surface area contributed by atoms with E-state index in [1.807, 2.05) is 0 Å². The van der Waals surface area contributed by atoms with E-state index in [1.54, 1.807) is 0 Å². The molecular formula is C14H26N2O. The fourth-order valence-corrected chi connectivity index (χ4v) is 4.63. The Morgan fingerprint density at radius 2 is 2.18 bits per heavy atom. The fraction of sp³-hybridized carbons (Fsp3) is 1.00. The van der Waals surface area contributed by atoms with Crippen LogP contribution >= 0.6 is 0 Å². The van der Waals surface area contributed by atoms with Crippen molar-refractivity contribution >= 4 is 0 Å². The molecule has 2 N–H and O–H groups in total. The van der Waals surface area contributed by atoms with E-state index >= 15 is 0 Å². The SMILES string of the molecule is CN1C2CCC1C(C1CCCOC1)C(CN)C2. The van der Waals surface area contributed by atoms with Crippen LogP contribution in [0.15, 0.2) is 0 Å². The van der Waals surface area contributed by atoms with Gasteiger partial charge in [-0.15, -0.1) is 0 Å². The molecule has 3 aliphatic rings. The van der Waals surface area contributed by atoms with Crippen molar-refractivity contribution in [2.24, 2.45) is 23.5 Å². The van der Waals surface area contributed by atoms with Gasteiger partial charge in [-0.05, 0) is 63.5 Å². The Kier molecular flexibility index (Phi) is 3.42. The Bertz CT molecular complexity index is 265. The van der Waals surface area contributed by atoms with Crippen LogP contribution in [0.5, 0.6) is 0 Å². The number of nitrogens with two attached hydrogens (primary N) is 1. The van der Waals surface area contributed by atoms with Gasteiger partial charge in [0, 0.05) is 25.3 Å². The second-order valence-corrected chi connectivity index (χ2v) is 6.25. The summed E-state index contributed by atoms with van der Waals surface area (Å²) in [7, 11) is 2.33. The molecule has 0 spiro atoms. The van der Waals surface area contributed by atoms with E-state index in [1.165, 1.54) is 32.1 Å². The Morgan fingerprint density at radius 3 is 2.88 bits per heavy atom. The highest BCUT2D eigenvalue weighted by molar-refractivity contribution is 5.01. The first-order valence-electron chi connectivity index (χ1n) is 7.31.